The summed E-state index contributed by atoms with van der Waals surface area (Å²) in [5.74, 6) is 0.584. The molecule has 3 rings (SSSR count). The minimum atomic E-state index is -3.50. The van der Waals surface area contributed by atoms with E-state index in [4.69, 9.17) is 4.74 Å². The molecule has 1 atom stereocenters. The maximum absolute atomic E-state index is 13.1. The van der Waals surface area contributed by atoms with Crippen molar-refractivity contribution in [3.8, 4) is 5.75 Å². The van der Waals surface area contributed by atoms with Gasteiger partial charge in [0, 0.05) is 26.3 Å². The molecule has 1 amide bonds. The van der Waals surface area contributed by atoms with Crippen LogP contribution in [0.15, 0.2) is 35.2 Å². The Kier molecular flexibility index (Phi) is 5.74. The summed E-state index contributed by atoms with van der Waals surface area (Å²) in [6.45, 7) is 8.28. The van der Waals surface area contributed by atoms with Gasteiger partial charge in [-0.2, -0.15) is 0 Å². The van der Waals surface area contributed by atoms with Crippen molar-refractivity contribution in [3.63, 3.8) is 0 Å². The molecule has 0 aromatic heterocycles. The molecule has 1 aliphatic heterocycles. The van der Waals surface area contributed by atoms with Crippen LogP contribution < -0.4 is 9.64 Å². The van der Waals surface area contributed by atoms with Crippen LogP contribution in [0.4, 0.5) is 5.69 Å². The fourth-order valence-corrected chi connectivity index (χ4v) is 4.51. The normalized spacial score (nSPS) is 14.8. The van der Waals surface area contributed by atoms with Crippen LogP contribution in [-0.4, -0.2) is 45.4 Å². The minimum absolute atomic E-state index is 0.134. The Hall–Kier alpha value is -2.38. The second-order valence-corrected chi connectivity index (χ2v) is 9.93. The van der Waals surface area contributed by atoms with Crippen LogP contribution in [0.5, 0.6) is 5.75 Å². The van der Waals surface area contributed by atoms with Crippen molar-refractivity contribution >= 4 is 21.6 Å². The third kappa shape index (κ3) is 4.02. The summed E-state index contributed by atoms with van der Waals surface area (Å²) in [6, 6.07) is 8.97. The lowest BCUT2D eigenvalue weighted by Crippen LogP contribution is -2.39. The Balaban J connectivity index is 1.82. The third-order valence-corrected chi connectivity index (χ3v) is 7.22. The predicted octanol–water partition coefficient (Wildman–Crippen LogP) is 3.22. The Labute approximate surface area is 173 Å². The van der Waals surface area contributed by atoms with Crippen LogP contribution in [0.1, 0.15) is 29.2 Å². The summed E-state index contributed by atoms with van der Waals surface area (Å²) in [5, 5.41) is 0. The summed E-state index contributed by atoms with van der Waals surface area (Å²) < 4.78 is 31.9. The second kappa shape index (κ2) is 7.80. The topological polar surface area (TPSA) is 66.9 Å². The van der Waals surface area contributed by atoms with Gasteiger partial charge in [0.2, 0.25) is 10.0 Å². The van der Waals surface area contributed by atoms with Crippen molar-refractivity contribution in [1.82, 2.24) is 4.31 Å². The Bertz CT molecular complexity index is 1060. The van der Waals surface area contributed by atoms with E-state index < -0.39 is 16.1 Å². The second-order valence-electron chi connectivity index (χ2n) is 7.78. The number of ether oxygens (including phenoxy) is 1. The highest BCUT2D eigenvalue weighted by Gasteiger charge is 2.31. The van der Waals surface area contributed by atoms with E-state index >= 15 is 0 Å². The minimum Gasteiger partial charge on any atom is -0.481 e. The number of anilines is 1. The average Bonchev–Trinajstić information content (AvgIpc) is 3.08. The Morgan fingerprint density at radius 3 is 2.48 bits per heavy atom. The van der Waals surface area contributed by atoms with E-state index in [1.165, 1.54) is 18.4 Å². The van der Waals surface area contributed by atoms with Crippen molar-refractivity contribution in [1.29, 1.82) is 0 Å². The van der Waals surface area contributed by atoms with E-state index in [1.807, 2.05) is 26.8 Å². The van der Waals surface area contributed by atoms with Crippen LogP contribution in [0, 0.1) is 20.8 Å². The Morgan fingerprint density at radius 2 is 1.83 bits per heavy atom. The lowest BCUT2D eigenvalue weighted by Gasteiger charge is -2.24. The van der Waals surface area contributed by atoms with E-state index in [0.717, 1.165) is 33.7 Å². The van der Waals surface area contributed by atoms with Crippen LogP contribution in [-0.2, 0) is 21.2 Å². The molecule has 0 N–H and O–H groups in total. The SMILES string of the molecule is Cc1cc(C)c(C)c(O[C@H](C)C(=O)N2CCc3cc(S(=O)(=O)N(C)C)ccc32)c1. The van der Waals surface area contributed by atoms with Crippen molar-refractivity contribution in [2.45, 2.75) is 45.1 Å². The van der Waals surface area contributed by atoms with Gasteiger partial charge in [-0.15, -0.1) is 0 Å². The summed E-state index contributed by atoms with van der Waals surface area (Å²) in [5.41, 5.74) is 4.84. The molecule has 0 radical (unpaired) electrons. The molecule has 156 valence electrons. The van der Waals surface area contributed by atoms with E-state index in [0.29, 0.717) is 13.0 Å². The number of amides is 1. The summed E-state index contributed by atoms with van der Waals surface area (Å²) in [6.07, 6.45) is -0.0290. The highest BCUT2D eigenvalue weighted by atomic mass is 32.2. The van der Waals surface area contributed by atoms with Crippen LogP contribution >= 0.6 is 0 Å². The number of carbonyl (C=O) groups excluding carboxylic acids is 1. The zero-order valence-electron chi connectivity index (χ0n) is 17.8. The standard InChI is InChI=1S/C22H28N2O4S/c1-14-11-15(2)16(3)21(12-14)28-17(4)22(25)24-10-9-18-13-19(7-8-20(18)24)29(26,27)23(5)6/h7-8,11-13,17H,9-10H2,1-6H3/t17-/m1/s1. The molecule has 0 saturated carbocycles. The maximum atomic E-state index is 13.1. The molecular formula is C22H28N2O4S. The molecule has 1 aliphatic rings. The molecular weight excluding hydrogens is 388 g/mol. The number of hydrogen-bond donors (Lipinski definition) is 0. The van der Waals surface area contributed by atoms with Crippen LogP contribution in [0.2, 0.25) is 0 Å². The highest BCUT2D eigenvalue weighted by Crippen LogP contribution is 2.32. The first-order chi connectivity index (χ1) is 13.5. The molecule has 6 nitrogen and oxygen atoms in total. The van der Waals surface area contributed by atoms with Gasteiger partial charge in [-0.25, -0.2) is 12.7 Å². The van der Waals surface area contributed by atoms with Gasteiger partial charge in [0.1, 0.15) is 5.75 Å². The first-order valence-corrected chi connectivity index (χ1v) is 11.1. The number of benzene rings is 2. The largest absolute Gasteiger partial charge is 0.481 e. The van der Waals surface area contributed by atoms with Gasteiger partial charge in [-0.05, 0) is 80.6 Å². The summed E-state index contributed by atoms with van der Waals surface area (Å²) in [4.78, 5) is 15.0. The number of sulfonamides is 1. The van der Waals surface area contributed by atoms with Crippen molar-refractivity contribution < 1.29 is 17.9 Å². The fraction of sp³-hybridized carbons (Fsp3) is 0.409. The maximum Gasteiger partial charge on any atom is 0.267 e. The van der Waals surface area contributed by atoms with Gasteiger partial charge < -0.3 is 9.64 Å². The molecule has 0 fully saturated rings. The first kappa shape index (κ1) is 21.3. The quantitative estimate of drug-likeness (QED) is 0.751. The van der Waals surface area contributed by atoms with Gasteiger partial charge >= 0.3 is 0 Å². The van der Waals surface area contributed by atoms with E-state index in [2.05, 4.69) is 6.07 Å². The van der Waals surface area contributed by atoms with E-state index in [-0.39, 0.29) is 10.8 Å². The van der Waals surface area contributed by atoms with Crippen molar-refractivity contribution in [2.75, 3.05) is 25.5 Å². The number of carbonyl (C=O) groups is 1. The van der Waals surface area contributed by atoms with Gasteiger partial charge in [0.25, 0.3) is 5.91 Å². The molecule has 2 aromatic carbocycles. The number of nitrogens with zero attached hydrogens (tertiary/aromatic N) is 2. The number of aryl methyl sites for hydroxylation is 2. The molecule has 7 heteroatoms. The zero-order chi connectivity index (χ0) is 21.5. The van der Waals surface area contributed by atoms with Crippen LogP contribution in [0.3, 0.4) is 0 Å². The average molecular weight is 417 g/mol. The van der Waals surface area contributed by atoms with Crippen LogP contribution in [0.25, 0.3) is 0 Å². The first-order valence-electron chi connectivity index (χ1n) is 9.63. The van der Waals surface area contributed by atoms with Gasteiger partial charge in [-0.3, -0.25) is 4.79 Å². The van der Waals surface area contributed by atoms with Crippen molar-refractivity contribution in [2.24, 2.45) is 0 Å². The molecule has 29 heavy (non-hydrogen) atoms. The van der Waals surface area contributed by atoms with E-state index in [9.17, 15) is 13.2 Å². The Morgan fingerprint density at radius 1 is 1.14 bits per heavy atom. The van der Waals surface area contributed by atoms with Gasteiger partial charge in [-0.1, -0.05) is 6.07 Å². The molecule has 0 unspecified atom stereocenters. The predicted molar refractivity (Wildman–Crippen MR) is 114 cm³/mol. The van der Waals surface area contributed by atoms with Crippen molar-refractivity contribution in [3.05, 3.63) is 52.6 Å². The number of hydrogen-bond acceptors (Lipinski definition) is 4. The van der Waals surface area contributed by atoms with Gasteiger partial charge in [0.05, 0.1) is 4.90 Å². The monoisotopic (exact) mass is 416 g/mol. The summed E-state index contributed by atoms with van der Waals surface area (Å²) >= 11 is 0. The molecule has 1 heterocycles. The smallest absolute Gasteiger partial charge is 0.267 e. The summed E-state index contributed by atoms with van der Waals surface area (Å²) in [7, 11) is -0.488. The lowest BCUT2D eigenvalue weighted by atomic mass is 10.1. The zero-order valence-corrected chi connectivity index (χ0v) is 18.6. The van der Waals surface area contributed by atoms with E-state index in [1.54, 1.807) is 30.0 Å². The molecule has 0 saturated heterocycles. The molecule has 0 spiro atoms. The lowest BCUT2D eigenvalue weighted by molar-refractivity contribution is -0.124. The number of rotatable bonds is 5. The molecule has 2 aromatic rings. The highest BCUT2D eigenvalue weighted by molar-refractivity contribution is 7.89. The molecule has 0 bridgehead atoms. The molecule has 0 aliphatic carbocycles. The fourth-order valence-electron chi connectivity index (χ4n) is 3.56. The van der Waals surface area contributed by atoms with Gasteiger partial charge in [0.15, 0.2) is 6.10 Å². The third-order valence-electron chi connectivity index (χ3n) is 5.41. The number of fused-ring (bicyclic) bond motifs is 1.